The van der Waals surface area contributed by atoms with Crippen LogP contribution < -0.4 is 25.3 Å². The zero-order valence-corrected chi connectivity index (χ0v) is 35.2. The first kappa shape index (κ1) is 42.8. The molecule has 0 saturated heterocycles. The maximum Gasteiger partial charge on any atom is 0.333 e. The summed E-state index contributed by atoms with van der Waals surface area (Å²) in [5, 5.41) is 30.3. The van der Waals surface area contributed by atoms with Gasteiger partial charge < -0.3 is 34.9 Å². The Morgan fingerprint density at radius 3 is 2.47 bits per heavy atom. The van der Waals surface area contributed by atoms with E-state index in [-0.39, 0.29) is 67.2 Å². The lowest BCUT2D eigenvalue weighted by atomic mass is 9.43. The van der Waals surface area contributed by atoms with Crippen LogP contribution in [-0.2, 0) is 20.7 Å². The van der Waals surface area contributed by atoms with Gasteiger partial charge >= 0.3 is 5.97 Å². The molecule has 1 spiro atoms. The number of methoxy groups -OCH3 is 1. The van der Waals surface area contributed by atoms with Crippen LogP contribution in [0.3, 0.4) is 0 Å². The molecule has 0 radical (unpaired) electrons. The number of carbonyl (C=O) groups excluding carboxylic acids is 3. The van der Waals surface area contributed by atoms with E-state index in [1.54, 1.807) is 6.92 Å². The van der Waals surface area contributed by atoms with Crippen molar-refractivity contribution in [3.63, 3.8) is 0 Å². The van der Waals surface area contributed by atoms with Crippen molar-refractivity contribution >= 4 is 29.6 Å². The molecule has 0 amide bonds. The van der Waals surface area contributed by atoms with Crippen LogP contribution in [0.5, 0.6) is 17.2 Å². The molecular formula is C44H59N5O9. The second kappa shape index (κ2) is 16.5. The SMILES string of the molecule is COC(=O)/C(C)=C\CC1(O)C(=O)C2CC(C(C)C)C13Oc1c(CC=C(C)C)c4c(c(OCNCCO)c1C(=O)C3C2n1cnc(N)n1)C=CC(C)(CCC=C(C)C)O4. The molecule has 3 aliphatic carbocycles. The Morgan fingerprint density at radius 1 is 1.12 bits per heavy atom. The van der Waals surface area contributed by atoms with Crippen LogP contribution in [0, 0.1) is 23.7 Å². The molecule has 3 heterocycles. The van der Waals surface area contributed by atoms with E-state index in [0.717, 1.165) is 12.0 Å². The zero-order valence-electron chi connectivity index (χ0n) is 35.2. The van der Waals surface area contributed by atoms with Crippen molar-refractivity contribution in [2.75, 3.05) is 32.7 Å². The van der Waals surface area contributed by atoms with Gasteiger partial charge in [0.25, 0.3) is 0 Å². The number of hydrogen-bond acceptors (Lipinski definition) is 13. The summed E-state index contributed by atoms with van der Waals surface area (Å²) >= 11 is 0. The van der Waals surface area contributed by atoms with Gasteiger partial charge in [0.1, 0.15) is 41.5 Å². The van der Waals surface area contributed by atoms with Gasteiger partial charge in [-0.05, 0) is 85.3 Å². The number of allylic oxidation sites excluding steroid dienone is 4. The van der Waals surface area contributed by atoms with Gasteiger partial charge in [0, 0.05) is 35.9 Å². The lowest BCUT2D eigenvalue weighted by molar-refractivity contribution is -0.250. The fourth-order valence-corrected chi connectivity index (χ4v) is 9.46. The number of Topliss-reactive ketones (excluding diaryl/α,β-unsaturated/α-hetero) is 2. The lowest BCUT2D eigenvalue weighted by Gasteiger charge is -2.66. The Labute approximate surface area is 340 Å². The summed E-state index contributed by atoms with van der Waals surface area (Å²) in [6.45, 7) is 15.7. The standard InChI is InChI=1S/C44H59N5O9/c1-24(2)11-10-16-42(8)17-15-29-36(57-42)28(13-12-25(3)4)38-32(37(29)56-23-46-19-20-50)35(51)33-34(49-22-47-41(45)48-49)30-21-31(26(5)6)44(33,58-38)43(54,39(30)52)18-14-27(7)40(53)55-9/h11-12,14-15,17,22,26,30-31,33-34,46,50,54H,10,13,16,18-21,23H2,1-9H3,(H2,45,48)/b27-14-. The maximum atomic E-state index is 16.0. The molecule has 7 atom stereocenters. The average molecular weight is 802 g/mol. The molecule has 5 N–H and O–H groups in total. The third-order valence-corrected chi connectivity index (χ3v) is 12.3. The van der Waals surface area contributed by atoms with Gasteiger partial charge in [-0.2, -0.15) is 0 Å². The van der Waals surface area contributed by atoms with Crippen LogP contribution in [0.15, 0.2) is 47.4 Å². The van der Waals surface area contributed by atoms with Crippen molar-refractivity contribution < 1.29 is 43.5 Å². The Kier molecular flexibility index (Phi) is 12.1. The van der Waals surface area contributed by atoms with E-state index < -0.39 is 58.1 Å². The highest BCUT2D eigenvalue weighted by molar-refractivity contribution is 6.10. The predicted octanol–water partition coefficient (Wildman–Crippen LogP) is 5.48. The third kappa shape index (κ3) is 7.28. The van der Waals surface area contributed by atoms with Crippen molar-refractivity contribution in [3.8, 4) is 17.2 Å². The number of esters is 1. The van der Waals surface area contributed by atoms with E-state index in [9.17, 15) is 15.0 Å². The summed E-state index contributed by atoms with van der Waals surface area (Å²) in [6, 6.07) is -0.929. The van der Waals surface area contributed by atoms with Crippen molar-refractivity contribution in [1.82, 2.24) is 20.1 Å². The molecule has 7 rings (SSSR count). The zero-order chi connectivity index (χ0) is 42.3. The van der Waals surface area contributed by atoms with Gasteiger partial charge in [-0.1, -0.05) is 43.2 Å². The number of nitrogen functional groups attached to an aromatic ring is 1. The number of carbonyl (C=O) groups is 3. The summed E-state index contributed by atoms with van der Waals surface area (Å²) in [4.78, 5) is 47.8. The Morgan fingerprint density at radius 2 is 1.84 bits per heavy atom. The van der Waals surface area contributed by atoms with E-state index in [4.69, 9.17) is 24.7 Å². The highest BCUT2D eigenvalue weighted by Gasteiger charge is 2.79. The van der Waals surface area contributed by atoms with Crippen LogP contribution in [0.25, 0.3) is 6.08 Å². The molecule has 1 aromatic carbocycles. The van der Waals surface area contributed by atoms with E-state index in [1.165, 1.54) is 29.8 Å². The predicted molar refractivity (Wildman–Crippen MR) is 218 cm³/mol. The first-order chi connectivity index (χ1) is 27.4. The second-order valence-corrected chi connectivity index (χ2v) is 17.1. The first-order valence-corrected chi connectivity index (χ1v) is 20.2. The van der Waals surface area contributed by atoms with Crippen LogP contribution in [-0.4, -0.2) is 86.3 Å². The number of nitrogens with one attached hydrogen (secondary N) is 1. The summed E-state index contributed by atoms with van der Waals surface area (Å²) in [6.07, 6.45) is 12.7. The Bertz CT molecular complexity index is 2080. The topological polar surface area (TPSA) is 197 Å². The average Bonchev–Trinajstić information content (AvgIpc) is 3.61. The maximum absolute atomic E-state index is 16.0. The molecular weight excluding hydrogens is 743 g/mol. The van der Waals surface area contributed by atoms with Gasteiger partial charge in [-0.25, -0.2) is 14.5 Å². The Balaban J connectivity index is 1.69. The molecule has 2 aliphatic heterocycles. The fourth-order valence-electron chi connectivity index (χ4n) is 9.46. The number of aliphatic hydroxyl groups is 2. The highest BCUT2D eigenvalue weighted by Crippen LogP contribution is 2.67. The number of aromatic nitrogens is 3. The molecule has 314 valence electrons. The highest BCUT2D eigenvalue weighted by atomic mass is 16.5. The van der Waals surface area contributed by atoms with E-state index >= 15 is 9.59 Å². The third-order valence-electron chi connectivity index (χ3n) is 12.3. The van der Waals surface area contributed by atoms with Crippen LogP contribution >= 0.6 is 0 Å². The van der Waals surface area contributed by atoms with E-state index in [2.05, 4.69) is 35.3 Å². The number of anilines is 1. The number of ether oxygens (including phenoxy) is 4. The molecule has 5 aliphatic rings. The number of benzene rings is 1. The van der Waals surface area contributed by atoms with Gasteiger partial charge in [0.05, 0.1) is 31.2 Å². The van der Waals surface area contributed by atoms with Crippen molar-refractivity contribution in [2.45, 2.75) is 110 Å². The fraction of sp³-hybridized carbons (Fsp3) is 0.568. The number of nitrogens with zero attached hydrogens (tertiary/aromatic N) is 3. The number of nitrogens with two attached hydrogens (primary N) is 1. The van der Waals surface area contributed by atoms with Gasteiger partial charge in [-0.3, -0.25) is 14.9 Å². The lowest BCUT2D eigenvalue weighted by Crippen LogP contribution is -2.81. The first-order valence-electron chi connectivity index (χ1n) is 20.2. The molecule has 3 fully saturated rings. The molecule has 58 heavy (non-hydrogen) atoms. The number of rotatable bonds is 15. The van der Waals surface area contributed by atoms with Gasteiger partial charge in [0.2, 0.25) is 5.95 Å². The normalized spacial score (nSPS) is 28.2. The minimum absolute atomic E-state index is 0.0354. The number of aliphatic hydroxyl groups excluding tert-OH is 1. The van der Waals surface area contributed by atoms with E-state index in [0.29, 0.717) is 29.7 Å². The summed E-state index contributed by atoms with van der Waals surface area (Å²) in [5.74, 6) is -3.50. The smallest absolute Gasteiger partial charge is 0.333 e. The summed E-state index contributed by atoms with van der Waals surface area (Å²) in [5.41, 5.74) is 4.85. The minimum Gasteiger partial charge on any atom is -0.482 e. The molecule has 14 heteroatoms. The quantitative estimate of drug-likeness (QED) is 0.0581. The van der Waals surface area contributed by atoms with Gasteiger partial charge in [0.15, 0.2) is 22.8 Å². The van der Waals surface area contributed by atoms with Crippen LogP contribution in [0.2, 0.25) is 0 Å². The van der Waals surface area contributed by atoms with Crippen molar-refractivity contribution in [1.29, 1.82) is 0 Å². The second-order valence-electron chi connectivity index (χ2n) is 17.1. The molecule has 2 bridgehead atoms. The molecule has 14 nitrogen and oxygen atoms in total. The van der Waals surface area contributed by atoms with Crippen molar-refractivity contribution in [3.05, 3.63) is 64.0 Å². The summed E-state index contributed by atoms with van der Waals surface area (Å²) in [7, 11) is 1.26. The number of hydrogen-bond donors (Lipinski definition) is 4. The number of ketones is 2. The van der Waals surface area contributed by atoms with Crippen LogP contribution in [0.1, 0.15) is 109 Å². The molecule has 3 saturated carbocycles. The van der Waals surface area contributed by atoms with E-state index in [1.807, 2.05) is 52.8 Å². The molecule has 2 aromatic rings. The summed E-state index contributed by atoms with van der Waals surface area (Å²) < 4.78 is 27.4. The monoisotopic (exact) mass is 801 g/mol. The largest absolute Gasteiger partial charge is 0.482 e. The van der Waals surface area contributed by atoms with Crippen LogP contribution in [0.4, 0.5) is 5.95 Å². The molecule has 1 aromatic heterocycles. The minimum atomic E-state index is -2.28. The van der Waals surface area contributed by atoms with Crippen molar-refractivity contribution in [2.24, 2.45) is 23.7 Å². The molecule has 7 unspecified atom stereocenters. The number of fused-ring (bicyclic) bond motifs is 4. The Hall–Kier alpha value is -4.79. The van der Waals surface area contributed by atoms with Gasteiger partial charge in [-0.15, -0.1) is 5.10 Å².